The molecule has 2 aromatic rings. The molecule has 0 fully saturated rings. The highest BCUT2D eigenvalue weighted by atomic mass is 16.5. The number of hydrogen-bond donors (Lipinski definition) is 2. The molecule has 1 heterocycles. The fourth-order valence-electron chi connectivity index (χ4n) is 2.95. The van der Waals surface area contributed by atoms with E-state index >= 15 is 0 Å². The lowest BCUT2D eigenvalue weighted by atomic mass is 10.0. The predicted molar refractivity (Wildman–Crippen MR) is 101 cm³/mol. The monoisotopic (exact) mass is 352 g/mol. The first kappa shape index (κ1) is 18.0. The Morgan fingerprint density at radius 3 is 2.81 bits per heavy atom. The van der Waals surface area contributed by atoms with E-state index in [4.69, 9.17) is 4.74 Å². The highest BCUT2D eigenvalue weighted by Crippen LogP contribution is 2.26. The summed E-state index contributed by atoms with van der Waals surface area (Å²) in [7, 11) is 0. The van der Waals surface area contributed by atoms with Crippen LogP contribution in [0, 0.1) is 0 Å². The van der Waals surface area contributed by atoms with Gasteiger partial charge in [0.25, 0.3) is 0 Å². The van der Waals surface area contributed by atoms with Crippen LogP contribution in [0.1, 0.15) is 30.4 Å². The molecule has 1 aliphatic rings. The van der Waals surface area contributed by atoms with E-state index in [0.29, 0.717) is 32.4 Å². The van der Waals surface area contributed by atoms with Crippen LogP contribution >= 0.6 is 0 Å². The van der Waals surface area contributed by atoms with E-state index in [1.165, 1.54) is 5.56 Å². The number of rotatable bonds is 8. The van der Waals surface area contributed by atoms with Crippen molar-refractivity contribution in [2.45, 2.75) is 32.1 Å². The maximum atomic E-state index is 11.9. The van der Waals surface area contributed by atoms with E-state index in [0.717, 1.165) is 29.8 Å². The Hall–Kier alpha value is -2.82. The summed E-state index contributed by atoms with van der Waals surface area (Å²) >= 11 is 0. The van der Waals surface area contributed by atoms with Gasteiger partial charge in [-0.05, 0) is 48.6 Å². The van der Waals surface area contributed by atoms with Crippen molar-refractivity contribution in [1.82, 2.24) is 5.32 Å². The van der Waals surface area contributed by atoms with Gasteiger partial charge < -0.3 is 15.4 Å². The minimum Gasteiger partial charge on any atom is -0.494 e. The molecule has 2 aromatic carbocycles. The smallest absolute Gasteiger partial charge is 0.224 e. The van der Waals surface area contributed by atoms with Gasteiger partial charge >= 0.3 is 0 Å². The normalized spacial score (nSPS) is 12.8. The van der Waals surface area contributed by atoms with Crippen LogP contribution in [-0.2, 0) is 22.4 Å². The van der Waals surface area contributed by atoms with Gasteiger partial charge in [0.2, 0.25) is 11.8 Å². The van der Waals surface area contributed by atoms with Gasteiger partial charge in [0.1, 0.15) is 5.75 Å². The van der Waals surface area contributed by atoms with Crippen LogP contribution in [0.2, 0.25) is 0 Å². The summed E-state index contributed by atoms with van der Waals surface area (Å²) in [6.07, 6.45) is 3.22. The Labute approximate surface area is 153 Å². The molecule has 2 amide bonds. The van der Waals surface area contributed by atoms with Crippen molar-refractivity contribution in [2.24, 2.45) is 0 Å². The van der Waals surface area contributed by atoms with Gasteiger partial charge in [0.05, 0.1) is 6.61 Å². The fourth-order valence-corrected chi connectivity index (χ4v) is 2.95. The van der Waals surface area contributed by atoms with Crippen LogP contribution in [0.4, 0.5) is 5.69 Å². The molecule has 0 spiro atoms. The van der Waals surface area contributed by atoms with E-state index in [1.807, 2.05) is 36.4 Å². The minimum absolute atomic E-state index is 0.0534. The Balaban J connectivity index is 1.32. The molecule has 0 saturated heterocycles. The van der Waals surface area contributed by atoms with E-state index in [9.17, 15) is 9.59 Å². The molecule has 0 bridgehead atoms. The summed E-state index contributed by atoms with van der Waals surface area (Å²) in [6.45, 7) is 1.15. The van der Waals surface area contributed by atoms with Gasteiger partial charge in [-0.1, -0.05) is 30.3 Å². The number of nitrogens with one attached hydrogen (secondary N) is 2. The molecule has 3 rings (SSSR count). The standard InChI is InChI=1S/C21H24N2O3/c24-20(22-13-12-16-5-2-1-3-6-16)7-4-14-26-18-9-10-19-17(15-18)8-11-21(25)23-19/h1-3,5-6,9-10,15H,4,7-8,11-14H2,(H,22,24)(H,23,25). The predicted octanol–water partition coefficient (Wildman–Crippen LogP) is 3.09. The number of anilines is 1. The largest absolute Gasteiger partial charge is 0.494 e. The topological polar surface area (TPSA) is 67.4 Å². The molecule has 26 heavy (non-hydrogen) atoms. The molecule has 0 saturated carbocycles. The SMILES string of the molecule is O=C(CCCOc1ccc2c(c1)CCC(=O)N2)NCCc1ccccc1. The maximum Gasteiger partial charge on any atom is 0.224 e. The van der Waals surface area contributed by atoms with Crippen molar-refractivity contribution < 1.29 is 14.3 Å². The molecule has 5 nitrogen and oxygen atoms in total. The molecule has 136 valence electrons. The summed E-state index contributed by atoms with van der Waals surface area (Å²) in [5.74, 6) is 0.895. The molecular weight excluding hydrogens is 328 g/mol. The quantitative estimate of drug-likeness (QED) is 0.718. The number of fused-ring (bicyclic) bond motifs is 1. The number of hydrogen-bond acceptors (Lipinski definition) is 3. The lowest BCUT2D eigenvalue weighted by Crippen LogP contribution is -2.25. The van der Waals surface area contributed by atoms with Crippen LogP contribution in [0.15, 0.2) is 48.5 Å². The Bertz CT molecular complexity index is 759. The first-order valence-corrected chi connectivity index (χ1v) is 9.07. The molecule has 5 heteroatoms. The second kappa shape index (κ2) is 9.04. The molecule has 0 radical (unpaired) electrons. The highest BCUT2D eigenvalue weighted by molar-refractivity contribution is 5.94. The number of ether oxygens (including phenoxy) is 1. The highest BCUT2D eigenvalue weighted by Gasteiger charge is 2.14. The Kier molecular flexibility index (Phi) is 6.25. The van der Waals surface area contributed by atoms with Crippen molar-refractivity contribution in [2.75, 3.05) is 18.5 Å². The van der Waals surface area contributed by atoms with Crippen LogP contribution in [0.5, 0.6) is 5.75 Å². The van der Waals surface area contributed by atoms with Gasteiger partial charge in [0.15, 0.2) is 0 Å². The molecule has 0 atom stereocenters. The zero-order valence-corrected chi connectivity index (χ0v) is 14.8. The van der Waals surface area contributed by atoms with Crippen molar-refractivity contribution >= 4 is 17.5 Å². The van der Waals surface area contributed by atoms with Crippen molar-refractivity contribution in [3.05, 3.63) is 59.7 Å². The maximum absolute atomic E-state index is 11.9. The van der Waals surface area contributed by atoms with Gasteiger partial charge in [0, 0.05) is 25.1 Å². The van der Waals surface area contributed by atoms with Gasteiger partial charge in [-0.2, -0.15) is 0 Å². The first-order valence-electron chi connectivity index (χ1n) is 9.07. The van der Waals surface area contributed by atoms with Crippen molar-refractivity contribution in [3.63, 3.8) is 0 Å². The van der Waals surface area contributed by atoms with Gasteiger partial charge in [-0.15, -0.1) is 0 Å². The van der Waals surface area contributed by atoms with E-state index in [1.54, 1.807) is 0 Å². The molecular formula is C21H24N2O3. The second-order valence-corrected chi connectivity index (χ2v) is 6.40. The van der Waals surface area contributed by atoms with Crippen LogP contribution < -0.4 is 15.4 Å². The molecule has 1 aliphatic heterocycles. The summed E-state index contributed by atoms with van der Waals surface area (Å²) in [5, 5.41) is 5.79. The Morgan fingerprint density at radius 1 is 1.12 bits per heavy atom. The van der Waals surface area contributed by atoms with E-state index in [-0.39, 0.29) is 11.8 Å². The molecule has 2 N–H and O–H groups in total. The summed E-state index contributed by atoms with van der Waals surface area (Å²) < 4.78 is 5.73. The fraction of sp³-hybridized carbons (Fsp3) is 0.333. The third-order valence-corrected chi connectivity index (χ3v) is 4.37. The number of aryl methyl sites for hydroxylation is 1. The minimum atomic E-state index is 0.0534. The lowest BCUT2D eigenvalue weighted by Gasteiger charge is -2.17. The van der Waals surface area contributed by atoms with E-state index < -0.39 is 0 Å². The van der Waals surface area contributed by atoms with Crippen molar-refractivity contribution in [3.8, 4) is 5.75 Å². The average Bonchev–Trinajstić information content (AvgIpc) is 2.66. The zero-order valence-electron chi connectivity index (χ0n) is 14.8. The van der Waals surface area contributed by atoms with Crippen LogP contribution in [-0.4, -0.2) is 25.0 Å². The first-order chi connectivity index (χ1) is 12.7. The lowest BCUT2D eigenvalue weighted by molar-refractivity contribution is -0.121. The molecule has 0 aliphatic carbocycles. The zero-order chi connectivity index (χ0) is 18.2. The second-order valence-electron chi connectivity index (χ2n) is 6.40. The number of benzene rings is 2. The third-order valence-electron chi connectivity index (χ3n) is 4.37. The van der Waals surface area contributed by atoms with E-state index in [2.05, 4.69) is 22.8 Å². The van der Waals surface area contributed by atoms with Crippen LogP contribution in [0.3, 0.4) is 0 Å². The summed E-state index contributed by atoms with van der Waals surface area (Å²) in [4.78, 5) is 23.2. The van der Waals surface area contributed by atoms with Crippen molar-refractivity contribution in [1.29, 1.82) is 0 Å². The Morgan fingerprint density at radius 2 is 1.96 bits per heavy atom. The van der Waals surface area contributed by atoms with Crippen LogP contribution in [0.25, 0.3) is 0 Å². The average molecular weight is 352 g/mol. The third kappa shape index (κ3) is 5.34. The van der Waals surface area contributed by atoms with Gasteiger partial charge in [-0.3, -0.25) is 9.59 Å². The molecule has 0 aromatic heterocycles. The number of carbonyl (C=O) groups excluding carboxylic acids is 2. The van der Waals surface area contributed by atoms with Gasteiger partial charge in [-0.25, -0.2) is 0 Å². The number of carbonyl (C=O) groups is 2. The summed E-state index contributed by atoms with van der Waals surface area (Å²) in [5.41, 5.74) is 3.19. The summed E-state index contributed by atoms with van der Waals surface area (Å²) in [6, 6.07) is 15.8. The number of amides is 2. The molecule has 0 unspecified atom stereocenters.